The largest absolute Gasteiger partial charge is 0.494 e. The van der Waals surface area contributed by atoms with Crippen molar-refractivity contribution in [1.82, 2.24) is 5.32 Å². The molecule has 154 valence electrons. The molecule has 0 bridgehead atoms. The Hall–Kier alpha value is -2.51. The highest BCUT2D eigenvalue weighted by Crippen LogP contribution is 2.22. The fourth-order valence-corrected chi connectivity index (χ4v) is 3.73. The van der Waals surface area contributed by atoms with Gasteiger partial charge in [-0.3, -0.25) is 9.59 Å². The first-order valence-corrected chi connectivity index (χ1v) is 10.8. The van der Waals surface area contributed by atoms with Gasteiger partial charge in [0.1, 0.15) is 5.75 Å². The number of ether oxygens (including phenoxy) is 2. The molecule has 1 aliphatic heterocycles. The summed E-state index contributed by atoms with van der Waals surface area (Å²) in [6.07, 6.45) is 2.06. The number of rotatable bonds is 9. The van der Waals surface area contributed by atoms with Gasteiger partial charge in [-0.15, -0.1) is 11.8 Å². The van der Waals surface area contributed by atoms with Gasteiger partial charge in [0, 0.05) is 18.0 Å². The summed E-state index contributed by atoms with van der Waals surface area (Å²) in [5.74, 6) is 0.683. The predicted molar refractivity (Wildman–Crippen MR) is 115 cm³/mol. The van der Waals surface area contributed by atoms with Crippen molar-refractivity contribution in [3.8, 4) is 5.75 Å². The van der Waals surface area contributed by atoms with Gasteiger partial charge in [0.25, 0.3) is 5.91 Å². The number of amides is 2. The van der Waals surface area contributed by atoms with E-state index in [4.69, 9.17) is 9.47 Å². The first-order valence-electron chi connectivity index (χ1n) is 9.80. The second kappa shape index (κ2) is 10.9. The molecule has 2 amide bonds. The Labute approximate surface area is 175 Å². The van der Waals surface area contributed by atoms with E-state index in [1.54, 1.807) is 24.3 Å². The molecule has 0 radical (unpaired) electrons. The van der Waals surface area contributed by atoms with Crippen LogP contribution < -0.4 is 15.4 Å². The van der Waals surface area contributed by atoms with Crippen molar-refractivity contribution in [2.75, 3.05) is 30.8 Å². The van der Waals surface area contributed by atoms with Gasteiger partial charge < -0.3 is 20.1 Å². The highest BCUT2D eigenvalue weighted by molar-refractivity contribution is 8.00. The highest BCUT2D eigenvalue weighted by atomic mass is 32.2. The molecule has 1 atom stereocenters. The average Bonchev–Trinajstić information content (AvgIpc) is 3.26. The van der Waals surface area contributed by atoms with Crippen molar-refractivity contribution in [2.24, 2.45) is 0 Å². The average molecular weight is 415 g/mol. The smallest absolute Gasteiger partial charge is 0.253 e. The van der Waals surface area contributed by atoms with E-state index in [0.29, 0.717) is 24.4 Å². The Morgan fingerprint density at radius 3 is 2.69 bits per heavy atom. The van der Waals surface area contributed by atoms with Crippen LogP contribution >= 0.6 is 11.8 Å². The minimum Gasteiger partial charge on any atom is -0.494 e. The van der Waals surface area contributed by atoms with Crippen molar-refractivity contribution in [2.45, 2.75) is 30.8 Å². The predicted octanol–water partition coefficient (Wildman–Crippen LogP) is 3.72. The number of para-hydroxylation sites is 1. The maximum atomic E-state index is 12.5. The van der Waals surface area contributed by atoms with Crippen molar-refractivity contribution in [3.63, 3.8) is 0 Å². The fraction of sp³-hybridized carbons (Fsp3) is 0.364. The molecule has 7 heteroatoms. The molecular weight excluding hydrogens is 388 g/mol. The van der Waals surface area contributed by atoms with Crippen LogP contribution in [0.4, 0.5) is 5.69 Å². The molecule has 2 aromatic rings. The zero-order valence-electron chi connectivity index (χ0n) is 16.5. The number of carbonyl (C=O) groups excluding carboxylic acids is 2. The van der Waals surface area contributed by atoms with Gasteiger partial charge in [0.2, 0.25) is 5.91 Å². The lowest BCUT2D eigenvalue weighted by molar-refractivity contribution is -0.113. The van der Waals surface area contributed by atoms with Crippen LogP contribution in [0.1, 0.15) is 30.1 Å². The molecule has 1 heterocycles. The molecule has 1 unspecified atom stereocenters. The van der Waals surface area contributed by atoms with Gasteiger partial charge in [-0.25, -0.2) is 0 Å². The molecule has 1 fully saturated rings. The topological polar surface area (TPSA) is 76.7 Å². The SMILES string of the molecule is CCOc1ccc(SCC(=O)Nc2ccccc2C(=O)NCC2CCCO2)cc1. The third kappa shape index (κ3) is 6.51. The van der Waals surface area contributed by atoms with Crippen LogP contribution in [0.2, 0.25) is 0 Å². The van der Waals surface area contributed by atoms with Crippen molar-refractivity contribution < 1.29 is 19.1 Å². The quantitative estimate of drug-likeness (QED) is 0.612. The fourth-order valence-electron chi connectivity index (χ4n) is 3.03. The Bertz CT molecular complexity index is 820. The number of nitrogens with one attached hydrogen (secondary N) is 2. The molecule has 2 aromatic carbocycles. The van der Waals surface area contributed by atoms with Crippen molar-refractivity contribution >= 4 is 29.3 Å². The Balaban J connectivity index is 1.52. The Kier molecular flexibility index (Phi) is 7.95. The minimum atomic E-state index is -0.212. The first kappa shape index (κ1) is 21.2. The lowest BCUT2D eigenvalue weighted by Gasteiger charge is -2.13. The molecule has 1 aliphatic rings. The van der Waals surface area contributed by atoms with E-state index in [-0.39, 0.29) is 23.7 Å². The van der Waals surface area contributed by atoms with Gasteiger partial charge >= 0.3 is 0 Å². The molecule has 3 rings (SSSR count). The standard InChI is InChI=1S/C22H26N2O4S/c1-2-27-16-9-11-18(12-10-16)29-15-21(25)24-20-8-4-3-7-19(20)22(26)23-14-17-6-5-13-28-17/h3-4,7-12,17H,2,5-6,13-15H2,1H3,(H,23,26)(H,24,25). The van der Waals surface area contributed by atoms with Gasteiger partial charge in [-0.2, -0.15) is 0 Å². The second-order valence-electron chi connectivity index (χ2n) is 6.63. The Morgan fingerprint density at radius 1 is 1.17 bits per heavy atom. The third-order valence-electron chi connectivity index (χ3n) is 4.46. The molecule has 0 spiro atoms. The maximum Gasteiger partial charge on any atom is 0.253 e. The summed E-state index contributed by atoms with van der Waals surface area (Å²) in [4.78, 5) is 25.9. The molecule has 0 aliphatic carbocycles. The number of thioether (sulfide) groups is 1. The van der Waals surface area contributed by atoms with Crippen LogP contribution in [0.25, 0.3) is 0 Å². The second-order valence-corrected chi connectivity index (χ2v) is 7.68. The Morgan fingerprint density at radius 2 is 1.97 bits per heavy atom. The highest BCUT2D eigenvalue weighted by Gasteiger charge is 2.18. The van der Waals surface area contributed by atoms with E-state index in [0.717, 1.165) is 30.1 Å². The third-order valence-corrected chi connectivity index (χ3v) is 5.48. The number of anilines is 1. The summed E-state index contributed by atoms with van der Waals surface area (Å²) in [5, 5.41) is 5.74. The van der Waals surface area contributed by atoms with Gasteiger partial charge in [0.05, 0.1) is 29.7 Å². The molecule has 2 N–H and O–H groups in total. The summed E-state index contributed by atoms with van der Waals surface area (Å²) >= 11 is 1.43. The first-order chi connectivity index (χ1) is 14.2. The minimum absolute atomic E-state index is 0.0752. The lowest BCUT2D eigenvalue weighted by Crippen LogP contribution is -2.32. The summed E-state index contributed by atoms with van der Waals surface area (Å²) in [5.41, 5.74) is 0.958. The van der Waals surface area contributed by atoms with Crippen LogP contribution in [0.15, 0.2) is 53.4 Å². The normalized spacial score (nSPS) is 15.7. The molecule has 0 aromatic heterocycles. The number of hydrogen-bond acceptors (Lipinski definition) is 5. The zero-order chi connectivity index (χ0) is 20.5. The molecule has 0 saturated carbocycles. The summed E-state index contributed by atoms with van der Waals surface area (Å²) in [6, 6.07) is 14.7. The van der Waals surface area contributed by atoms with Crippen molar-refractivity contribution in [3.05, 3.63) is 54.1 Å². The van der Waals surface area contributed by atoms with Crippen molar-refractivity contribution in [1.29, 1.82) is 0 Å². The van der Waals surface area contributed by atoms with Gasteiger partial charge in [0.15, 0.2) is 0 Å². The van der Waals surface area contributed by atoms with Crippen LogP contribution in [-0.2, 0) is 9.53 Å². The number of hydrogen-bond donors (Lipinski definition) is 2. The summed E-state index contributed by atoms with van der Waals surface area (Å²) in [7, 11) is 0. The maximum absolute atomic E-state index is 12.5. The molecule has 29 heavy (non-hydrogen) atoms. The molecule has 6 nitrogen and oxygen atoms in total. The van der Waals surface area contributed by atoms with Gasteiger partial charge in [-0.1, -0.05) is 12.1 Å². The van der Waals surface area contributed by atoms with E-state index in [2.05, 4.69) is 10.6 Å². The summed E-state index contributed by atoms with van der Waals surface area (Å²) in [6.45, 7) is 3.79. The monoisotopic (exact) mass is 414 g/mol. The zero-order valence-corrected chi connectivity index (χ0v) is 17.3. The van der Waals surface area contributed by atoms with Gasteiger partial charge in [-0.05, 0) is 56.2 Å². The van der Waals surface area contributed by atoms with Crippen LogP contribution in [0.5, 0.6) is 5.75 Å². The lowest BCUT2D eigenvalue weighted by atomic mass is 10.1. The van der Waals surface area contributed by atoms with E-state index < -0.39 is 0 Å². The van der Waals surface area contributed by atoms with E-state index >= 15 is 0 Å². The molecule has 1 saturated heterocycles. The van der Waals surface area contributed by atoms with Crippen LogP contribution in [0, 0.1) is 0 Å². The molecular formula is C22H26N2O4S. The van der Waals surface area contributed by atoms with E-state index in [9.17, 15) is 9.59 Å². The van der Waals surface area contributed by atoms with E-state index in [1.807, 2.05) is 31.2 Å². The van der Waals surface area contributed by atoms with Crippen LogP contribution in [-0.4, -0.2) is 43.4 Å². The van der Waals surface area contributed by atoms with Crippen LogP contribution in [0.3, 0.4) is 0 Å². The summed E-state index contributed by atoms with van der Waals surface area (Å²) < 4.78 is 11.0. The van der Waals surface area contributed by atoms with E-state index in [1.165, 1.54) is 11.8 Å². The number of benzene rings is 2. The number of carbonyl (C=O) groups is 2.